The Bertz CT molecular complexity index is 2070. The fraction of sp³-hybridized carbons (Fsp3) is 0.317. The zero-order valence-electron chi connectivity index (χ0n) is 32.7. The van der Waals surface area contributed by atoms with E-state index in [1.165, 1.54) is 25.0 Å². The van der Waals surface area contributed by atoms with Gasteiger partial charge in [0, 0.05) is 35.1 Å². The Labute approximate surface area is 363 Å². The Hall–Kier alpha value is -4.59. The van der Waals surface area contributed by atoms with Crippen LogP contribution >= 0.6 is 46.4 Å². The summed E-state index contributed by atoms with van der Waals surface area (Å²) in [5.74, 6) is 1.62. The van der Waals surface area contributed by atoms with Crippen molar-refractivity contribution in [1.82, 2.24) is 10.3 Å². The largest absolute Gasteiger partial charge is 0.502 e. The molecule has 0 spiro atoms. The van der Waals surface area contributed by atoms with Crippen molar-refractivity contribution in [3.05, 3.63) is 121 Å². The second kappa shape index (κ2) is 28.8. The highest BCUT2D eigenvalue weighted by molar-refractivity contribution is 7.85. The first kappa shape index (κ1) is 52.4. The number of rotatable bonds is 9. The molecule has 0 fully saturated rings. The van der Waals surface area contributed by atoms with E-state index in [0.29, 0.717) is 43.5 Å². The molecule has 0 unspecified atom stereocenters. The molecule has 0 saturated heterocycles. The van der Waals surface area contributed by atoms with Gasteiger partial charge in [-0.05, 0) is 81.5 Å². The number of hydrogen-bond donors (Lipinski definition) is 2. The Morgan fingerprint density at radius 2 is 1.14 bits per heavy atom. The van der Waals surface area contributed by atoms with E-state index in [-0.39, 0.29) is 23.8 Å². The van der Waals surface area contributed by atoms with Gasteiger partial charge in [-0.3, -0.25) is 4.55 Å². The topological polar surface area (TPSA) is 204 Å². The summed E-state index contributed by atoms with van der Waals surface area (Å²) >= 11 is 24.8. The minimum absolute atomic E-state index is 0.0257. The fourth-order valence-electron chi connectivity index (χ4n) is 5.18. The molecule has 13 nitrogen and oxygen atoms in total. The quantitative estimate of drug-likeness (QED) is 0.132. The number of halogens is 4. The van der Waals surface area contributed by atoms with Crippen LogP contribution in [0, 0.1) is 6.92 Å². The lowest BCUT2D eigenvalue weighted by atomic mass is 10.0. The van der Waals surface area contributed by atoms with Crippen LogP contribution in [0.4, 0.5) is 0 Å². The molecule has 0 atom stereocenters. The maximum absolute atomic E-state index is 10.5. The SMILES string of the molecule is C1=COCCC1.CCCc1onc(-c2c(Cl)cccc2Cl)c1CC.CCc1c(-c2c(Cl)cccc2Cl)noc1CCO.Cc1ccc(S(=O)(=O)O)cc1.O=C=O.O=C=O. The zero-order chi connectivity index (χ0) is 44.4. The molecule has 2 N–H and O–H groups in total. The minimum Gasteiger partial charge on any atom is -0.502 e. The summed E-state index contributed by atoms with van der Waals surface area (Å²) in [6, 6.07) is 16.8. The molecule has 6 rings (SSSR count). The monoisotopic (exact) mass is 912 g/mol. The summed E-state index contributed by atoms with van der Waals surface area (Å²) < 4.78 is 45.1. The van der Waals surface area contributed by atoms with Gasteiger partial charge < -0.3 is 18.9 Å². The fourth-order valence-corrected chi connectivity index (χ4v) is 6.81. The third kappa shape index (κ3) is 17.7. The average Bonchev–Trinajstić information content (AvgIpc) is 3.80. The molecule has 318 valence electrons. The number of aliphatic hydroxyl groups is 1. The van der Waals surface area contributed by atoms with Gasteiger partial charge >= 0.3 is 12.3 Å². The molecule has 3 aromatic carbocycles. The van der Waals surface area contributed by atoms with Crippen molar-refractivity contribution in [3.63, 3.8) is 0 Å². The molecule has 2 aromatic heterocycles. The highest BCUT2D eigenvalue weighted by Crippen LogP contribution is 2.38. The Morgan fingerprint density at radius 3 is 1.42 bits per heavy atom. The number of carbonyl (C=O) groups excluding carboxylic acids is 4. The number of nitrogens with zero attached hydrogens (tertiary/aromatic N) is 2. The smallest absolute Gasteiger partial charge is 0.373 e. The van der Waals surface area contributed by atoms with Crippen LogP contribution in [-0.2, 0) is 59.7 Å². The highest BCUT2D eigenvalue weighted by atomic mass is 35.5. The lowest BCUT2D eigenvalue weighted by molar-refractivity contribution is -0.193. The lowest BCUT2D eigenvalue weighted by Crippen LogP contribution is -1.96. The van der Waals surface area contributed by atoms with Crippen molar-refractivity contribution in [3.8, 4) is 22.5 Å². The Balaban J connectivity index is 0.000000395. The zero-order valence-corrected chi connectivity index (χ0v) is 36.5. The molecule has 0 radical (unpaired) electrons. The highest BCUT2D eigenvalue weighted by Gasteiger charge is 2.21. The molecular formula is C41H44Cl4N2O11S. The normalized spacial score (nSPS) is 11.1. The molecule has 1 aliphatic rings. The summed E-state index contributed by atoms with van der Waals surface area (Å²) in [7, 11) is -4.02. The Kier molecular flexibility index (Phi) is 25.6. The van der Waals surface area contributed by atoms with Gasteiger partial charge in [-0.1, -0.05) is 107 Å². The van der Waals surface area contributed by atoms with Crippen molar-refractivity contribution in [2.45, 2.75) is 77.5 Å². The van der Waals surface area contributed by atoms with Gasteiger partial charge in [0.05, 0.1) is 44.5 Å². The van der Waals surface area contributed by atoms with E-state index in [2.05, 4.69) is 24.2 Å². The van der Waals surface area contributed by atoms with Gasteiger partial charge in [-0.25, -0.2) is 0 Å². The number of aliphatic hydroxyl groups excluding tert-OH is 1. The molecule has 0 saturated carbocycles. The van der Waals surface area contributed by atoms with E-state index in [0.717, 1.165) is 66.0 Å². The molecular weight excluding hydrogens is 870 g/mol. The van der Waals surface area contributed by atoms with E-state index in [1.54, 1.807) is 36.6 Å². The van der Waals surface area contributed by atoms with Crippen LogP contribution in [-0.4, -0.2) is 53.9 Å². The number of aryl methyl sites for hydroxylation is 2. The van der Waals surface area contributed by atoms with E-state index in [9.17, 15) is 8.42 Å². The van der Waals surface area contributed by atoms with Gasteiger partial charge in [0.2, 0.25) is 0 Å². The minimum atomic E-state index is -4.02. The van der Waals surface area contributed by atoms with Gasteiger partial charge in [0.15, 0.2) is 0 Å². The number of ether oxygens (including phenoxy) is 1. The summed E-state index contributed by atoms with van der Waals surface area (Å²) in [5, 5.41) is 19.5. The molecule has 0 amide bonds. The van der Waals surface area contributed by atoms with Crippen LogP contribution in [0.15, 0.2) is 86.9 Å². The van der Waals surface area contributed by atoms with E-state index in [1.807, 2.05) is 38.1 Å². The maximum atomic E-state index is 10.5. The predicted octanol–water partition coefficient (Wildman–Crippen LogP) is 10.3. The van der Waals surface area contributed by atoms with Crippen molar-refractivity contribution in [2.24, 2.45) is 0 Å². The van der Waals surface area contributed by atoms with Gasteiger partial charge in [0.1, 0.15) is 22.9 Å². The summed E-state index contributed by atoms with van der Waals surface area (Å²) in [6.07, 6.45) is 10.7. The third-order valence-corrected chi connectivity index (χ3v) is 9.93. The van der Waals surface area contributed by atoms with Crippen molar-refractivity contribution < 1.29 is 51.0 Å². The summed E-state index contributed by atoms with van der Waals surface area (Å²) in [6.45, 7) is 8.98. The van der Waals surface area contributed by atoms with Crippen LogP contribution in [0.5, 0.6) is 0 Å². The molecule has 18 heteroatoms. The van der Waals surface area contributed by atoms with Crippen LogP contribution in [0.1, 0.15) is 68.2 Å². The lowest BCUT2D eigenvalue weighted by Gasteiger charge is -2.05. The number of hydrogen-bond acceptors (Lipinski definition) is 12. The van der Waals surface area contributed by atoms with E-state index < -0.39 is 10.1 Å². The van der Waals surface area contributed by atoms with E-state index in [4.69, 9.17) is 89.0 Å². The first-order valence-corrected chi connectivity index (χ1v) is 20.9. The van der Waals surface area contributed by atoms with Crippen molar-refractivity contribution in [1.29, 1.82) is 0 Å². The first-order chi connectivity index (χ1) is 28.2. The molecule has 59 heavy (non-hydrogen) atoms. The van der Waals surface area contributed by atoms with Gasteiger partial charge in [-0.15, -0.1) is 0 Å². The first-order valence-electron chi connectivity index (χ1n) is 17.9. The van der Waals surface area contributed by atoms with Crippen molar-refractivity contribution in [2.75, 3.05) is 13.2 Å². The van der Waals surface area contributed by atoms with Crippen LogP contribution in [0.25, 0.3) is 22.5 Å². The van der Waals surface area contributed by atoms with Crippen LogP contribution in [0.3, 0.4) is 0 Å². The molecule has 1 aliphatic heterocycles. The molecule has 5 aromatic rings. The number of allylic oxidation sites excluding steroid dienone is 1. The maximum Gasteiger partial charge on any atom is 0.373 e. The molecule has 0 bridgehead atoms. The summed E-state index contributed by atoms with van der Waals surface area (Å²) in [5.41, 5.74) is 5.89. The van der Waals surface area contributed by atoms with Crippen LogP contribution in [0.2, 0.25) is 20.1 Å². The molecule has 3 heterocycles. The number of benzene rings is 3. The van der Waals surface area contributed by atoms with Gasteiger partial charge in [0.25, 0.3) is 10.1 Å². The van der Waals surface area contributed by atoms with Gasteiger partial charge in [-0.2, -0.15) is 27.6 Å². The Morgan fingerprint density at radius 1 is 0.712 bits per heavy atom. The predicted molar refractivity (Wildman–Crippen MR) is 223 cm³/mol. The third-order valence-electron chi connectivity index (χ3n) is 7.81. The van der Waals surface area contributed by atoms with E-state index >= 15 is 0 Å². The second-order valence-corrected chi connectivity index (χ2v) is 14.9. The van der Waals surface area contributed by atoms with Crippen molar-refractivity contribution >= 4 is 68.8 Å². The summed E-state index contributed by atoms with van der Waals surface area (Å²) in [4.78, 5) is 32.4. The van der Waals surface area contributed by atoms with Crippen LogP contribution < -0.4 is 0 Å². The molecule has 0 aliphatic carbocycles. The number of aromatic nitrogens is 2. The second-order valence-electron chi connectivity index (χ2n) is 11.8. The standard InChI is InChI=1S/C14H15Cl2NO.C13H13Cl2NO2.C7H8O3S.C5H8O.2CO2/c1-3-6-12-9(4-2)14(17-18-12)13-10(15)7-5-8-11(13)16;1-2-8-11(6-7-17)18-16-13(8)12-9(14)4-3-5-10(12)15;1-6-2-4-7(5-3-6)11(8,9)10;1-2-4-6-5-3-1;2*2-1-3/h5,7-8H,3-4,6H2,1-2H3;3-5,17H,2,6-7H2,1H3;2-5H,1H3,(H,8,9,10);2,4H,1,3,5H2;;. The average molecular weight is 915 g/mol.